The first-order valence-corrected chi connectivity index (χ1v) is 33.0. The van der Waals surface area contributed by atoms with Gasteiger partial charge in [0.25, 0.3) is 0 Å². The molecule has 4 aromatic rings. The highest BCUT2D eigenvalue weighted by Crippen LogP contribution is 2.43. The number of hydrogen-bond acceptors (Lipinski definition) is 14. The van der Waals surface area contributed by atoms with E-state index in [1.807, 2.05) is 89.2 Å². The van der Waals surface area contributed by atoms with Crippen LogP contribution in [0.4, 0.5) is 17.6 Å². The molecule has 460 valence electrons. The summed E-state index contributed by atoms with van der Waals surface area (Å²) in [6, 6.07) is 19.1. The maximum absolute atomic E-state index is 13.8. The lowest BCUT2D eigenvalue weighted by atomic mass is 9.49. The zero-order chi connectivity index (χ0) is 64.2. The van der Waals surface area contributed by atoms with E-state index in [4.69, 9.17) is 43.7 Å². The van der Waals surface area contributed by atoms with E-state index in [-0.39, 0.29) is 41.3 Å². The van der Waals surface area contributed by atoms with Crippen molar-refractivity contribution in [3.05, 3.63) is 132 Å². The second-order valence-electron chi connectivity index (χ2n) is 21.8. The maximum Gasteiger partial charge on any atom is 0.494 e. The highest BCUT2D eigenvalue weighted by Gasteiger charge is 2.63. The molecular formula is C54H79B4Br3F4N4O11S3. The lowest BCUT2D eigenvalue weighted by Gasteiger charge is -2.32. The molecule has 2 radical (unpaired) electrons. The average molecular weight is 1420 g/mol. The number of nitrogens with one attached hydrogen (secondary N) is 2. The van der Waals surface area contributed by atoms with Crippen molar-refractivity contribution < 1.29 is 67.1 Å². The number of halogens is 7. The monoisotopic (exact) mass is 1410 g/mol. The molecule has 4 aliphatic rings. The lowest BCUT2D eigenvalue weighted by molar-refractivity contribution is 0.00578. The quantitative estimate of drug-likeness (QED) is 0.0700. The van der Waals surface area contributed by atoms with Gasteiger partial charge in [-0.3, -0.25) is 0 Å². The van der Waals surface area contributed by atoms with Gasteiger partial charge in [-0.05, 0) is 191 Å². The Hall–Kier alpha value is -2.36. The van der Waals surface area contributed by atoms with E-state index in [9.17, 15) is 34.4 Å². The van der Waals surface area contributed by atoms with Crippen molar-refractivity contribution in [3.63, 3.8) is 0 Å². The second kappa shape index (κ2) is 34.4. The Kier molecular flexibility index (Phi) is 32.6. The van der Waals surface area contributed by atoms with Gasteiger partial charge in [0.15, 0.2) is 0 Å². The topological polar surface area (TPSA) is 207 Å². The van der Waals surface area contributed by atoms with E-state index in [1.165, 1.54) is 68.2 Å². The molecule has 29 heteroatoms. The van der Waals surface area contributed by atoms with Gasteiger partial charge in [0.1, 0.15) is 23.3 Å². The molecule has 4 aromatic carbocycles. The van der Waals surface area contributed by atoms with Crippen molar-refractivity contribution in [1.29, 1.82) is 5.26 Å². The number of nitrogens with zero attached hydrogens (tertiary/aromatic N) is 1. The van der Waals surface area contributed by atoms with E-state index in [1.54, 1.807) is 30.5 Å². The zero-order valence-corrected chi connectivity index (χ0v) is 57.4. The first-order valence-electron chi connectivity index (χ1n) is 25.9. The van der Waals surface area contributed by atoms with Crippen LogP contribution in [0.5, 0.6) is 0 Å². The first kappa shape index (κ1) is 78.7. The molecule has 4 saturated heterocycles. The molecule has 0 amide bonds. The van der Waals surface area contributed by atoms with Gasteiger partial charge in [0, 0.05) is 46.3 Å². The summed E-state index contributed by atoms with van der Waals surface area (Å²) in [5, 5.41) is 8.35. The normalized spacial score (nSPS) is 18.1. The number of nitrogens with two attached hydrogens (primary N) is 1. The van der Waals surface area contributed by atoms with Gasteiger partial charge < -0.3 is 38.4 Å². The van der Waals surface area contributed by atoms with Crippen LogP contribution in [0.3, 0.4) is 0 Å². The fourth-order valence-electron chi connectivity index (χ4n) is 6.89. The van der Waals surface area contributed by atoms with Gasteiger partial charge in [-0.15, -0.1) is 0 Å². The van der Waals surface area contributed by atoms with Crippen LogP contribution < -0.4 is 20.6 Å². The molecule has 4 aliphatic heterocycles. The summed E-state index contributed by atoms with van der Waals surface area (Å²) in [7, 11) is -3.71. The smallest absolute Gasteiger partial charge is 0.405 e. The standard InChI is InChI=1S/C14H21BFNO4S.C12H24B2O4.C8H9BrFNO2S.C7H7BrFN.C7H3BrFN.C4H8O.CH3B.CH4S/c1-13(2)14(3,4)21-15(20-13)11-6-10(7-12(16)8-11)9-17-22(5,18)19;1-9(2)10(3,4)16-13(15-9)14-17-11(5,6)12(7,8)18-14;1-14(12,13)11-5-6-2-7(9)4-8(10)3-6;2*8-6-1-5(4-10)2-7(9)3-6;1-2-4-5-3-1;2*1-2/h6-8,17H,9H2,1-5H3;1-8H3;2-4,11H,5H2,1H3;1-3H,4,10H2;1-3H;1-4H2;1H3;2H,1H3. The molecule has 0 saturated carbocycles. The molecule has 0 bridgehead atoms. The van der Waals surface area contributed by atoms with E-state index < -0.39 is 69.8 Å². The van der Waals surface area contributed by atoms with E-state index in [0.29, 0.717) is 37.6 Å². The van der Waals surface area contributed by atoms with Crippen LogP contribution in [0.15, 0.2) is 86.2 Å². The Morgan fingerprint density at radius 2 is 0.855 bits per heavy atom. The number of hydrogen-bond donors (Lipinski definition) is 4. The van der Waals surface area contributed by atoms with Crippen molar-refractivity contribution in [2.24, 2.45) is 5.73 Å². The van der Waals surface area contributed by atoms with E-state index in [2.05, 4.69) is 77.7 Å². The molecule has 4 fully saturated rings. The van der Waals surface area contributed by atoms with Crippen LogP contribution in [-0.4, -0.2) is 111 Å². The van der Waals surface area contributed by atoms with Gasteiger partial charge in [-0.2, -0.15) is 17.9 Å². The summed E-state index contributed by atoms with van der Waals surface area (Å²) in [6.45, 7) is 27.8. The maximum atomic E-state index is 13.8. The molecule has 4 N–H and O–H groups in total. The number of benzene rings is 4. The van der Waals surface area contributed by atoms with Crippen LogP contribution >= 0.6 is 60.4 Å². The molecule has 0 spiro atoms. The third-order valence-electron chi connectivity index (χ3n) is 13.2. The van der Waals surface area contributed by atoms with Crippen molar-refractivity contribution in [2.75, 3.05) is 32.0 Å². The summed E-state index contributed by atoms with van der Waals surface area (Å²) >= 11 is 12.9. The molecule has 0 atom stereocenters. The fourth-order valence-corrected chi connectivity index (χ4v) is 9.24. The summed E-state index contributed by atoms with van der Waals surface area (Å²) in [5.74, 6) is -1.51. The van der Waals surface area contributed by atoms with Crippen LogP contribution in [-0.2, 0) is 72.3 Å². The summed E-state index contributed by atoms with van der Waals surface area (Å²) in [6.07, 6.45) is 6.36. The molecule has 0 aromatic heterocycles. The summed E-state index contributed by atoms with van der Waals surface area (Å²) < 4.78 is 142. The molecule has 0 aliphatic carbocycles. The van der Waals surface area contributed by atoms with Crippen LogP contribution in [0.2, 0.25) is 6.82 Å². The Morgan fingerprint density at radius 3 is 1.17 bits per heavy atom. The summed E-state index contributed by atoms with van der Waals surface area (Å²) in [4.78, 5) is 0. The highest BCUT2D eigenvalue weighted by atomic mass is 79.9. The average Bonchev–Trinajstić information content (AvgIpc) is 4.11. The molecule has 0 unspecified atom stereocenters. The minimum absolute atomic E-state index is 0.0170. The number of thiol groups is 1. The van der Waals surface area contributed by atoms with E-state index in [0.717, 1.165) is 35.8 Å². The van der Waals surface area contributed by atoms with Crippen molar-refractivity contribution in [1.82, 2.24) is 9.44 Å². The first-order chi connectivity index (χ1) is 38.1. The van der Waals surface area contributed by atoms with Crippen molar-refractivity contribution in [3.8, 4) is 6.07 Å². The molecule has 83 heavy (non-hydrogen) atoms. The van der Waals surface area contributed by atoms with Crippen LogP contribution in [0.1, 0.15) is 118 Å². The number of ether oxygens (including phenoxy) is 1. The molecule has 15 nitrogen and oxygen atoms in total. The lowest BCUT2D eigenvalue weighted by Crippen LogP contribution is -2.41. The SMILES string of the molecule is C1CCOC1.CC1(C)OB(B2OC(C)(C)C(C)(C)O2)OC1(C)C.CC1(C)OB(c2cc(F)cc(CNS(C)(=O)=O)c2)OC1(C)C.CS.CS(=O)(=O)NCc1cc(F)cc(Br)c1.N#Cc1cc(F)cc(Br)c1.NCc1cc(F)cc(Br)c1.[B]C. The number of sulfonamides is 2. The van der Waals surface area contributed by atoms with Gasteiger partial charge in [0.05, 0.1) is 65.6 Å². The minimum Gasteiger partial charge on any atom is -0.405 e. The van der Waals surface area contributed by atoms with Crippen LogP contribution in [0.25, 0.3) is 0 Å². The van der Waals surface area contributed by atoms with Gasteiger partial charge in [-0.1, -0.05) is 60.7 Å². The van der Waals surface area contributed by atoms with Gasteiger partial charge >= 0.3 is 21.1 Å². The predicted molar refractivity (Wildman–Crippen MR) is 339 cm³/mol. The van der Waals surface area contributed by atoms with Gasteiger partial charge in [-0.25, -0.2) is 43.8 Å². The fraction of sp³-hybridized carbons (Fsp3) is 0.537. The van der Waals surface area contributed by atoms with Crippen molar-refractivity contribution >= 4 is 115 Å². The third-order valence-corrected chi connectivity index (χ3v) is 16.0. The second-order valence-corrected chi connectivity index (χ2v) is 28.2. The Labute approximate surface area is 524 Å². The van der Waals surface area contributed by atoms with Crippen molar-refractivity contribution in [2.45, 2.75) is 156 Å². The molecular weight excluding hydrogens is 1340 g/mol. The largest absolute Gasteiger partial charge is 0.494 e. The zero-order valence-electron chi connectivity index (χ0n) is 50.1. The number of rotatable bonds is 9. The Balaban J connectivity index is 0.000000513. The minimum atomic E-state index is -3.34. The molecule has 4 heterocycles. The summed E-state index contributed by atoms with van der Waals surface area (Å²) in [5.41, 5.74) is 5.56. The molecule has 8 rings (SSSR count). The Bertz CT molecular complexity index is 2820. The Morgan fingerprint density at radius 1 is 0.542 bits per heavy atom. The third kappa shape index (κ3) is 27.7. The highest BCUT2D eigenvalue weighted by molar-refractivity contribution is 9.11. The predicted octanol–water partition coefficient (Wildman–Crippen LogP) is 11.1. The number of nitriles is 1. The van der Waals surface area contributed by atoms with E-state index >= 15 is 0 Å². The van der Waals surface area contributed by atoms with Gasteiger partial charge in [0.2, 0.25) is 20.0 Å². The van der Waals surface area contributed by atoms with Crippen LogP contribution in [0, 0.1) is 34.6 Å².